The van der Waals surface area contributed by atoms with Crippen LogP contribution in [0.4, 0.5) is 45.2 Å². The van der Waals surface area contributed by atoms with E-state index < -0.39 is 48.4 Å². The van der Waals surface area contributed by atoms with Gasteiger partial charge in [-0.05, 0) is 54.2 Å². The number of hydrogen-bond donors (Lipinski definition) is 5. The van der Waals surface area contributed by atoms with Gasteiger partial charge in [0, 0.05) is 44.2 Å². The molecule has 1 aliphatic heterocycles. The number of thioether (sulfide) groups is 1. The zero-order chi connectivity index (χ0) is 47.0. The summed E-state index contributed by atoms with van der Waals surface area (Å²) in [7, 11) is 0. The summed E-state index contributed by atoms with van der Waals surface area (Å²) in [6, 6.07) is 10.8. The molecule has 1 aromatic heterocycles. The van der Waals surface area contributed by atoms with Gasteiger partial charge in [-0.15, -0.1) is 0 Å². The van der Waals surface area contributed by atoms with Crippen LogP contribution in [0.3, 0.4) is 0 Å². The minimum Gasteiger partial charge on any atom is -0.475 e. The molecule has 0 spiro atoms. The number of amides is 1. The Kier molecular flexibility index (Phi) is 21.0. The van der Waals surface area contributed by atoms with Crippen LogP contribution in [0.1, 0.15) is 57.6 Å². The molecule has 1 amide bonds. The minimum atomic E-state index is -5.08. The maximum Gasteiger partial charge on any atom is 0.490 e. The highest BCUT2D eigenvalue weighted by atomic mass is 32.2. The van der Waals surface area contributed by atoms with Crippen LogP contribution < -0.4 is 15.8 Å². The molecule has 0 aliphatic carbocycles. The fraction of sp³-hybridized carbons (Fsp3) is 0.500. The van der Waals surface area contributed by atoms with Crippen molar-refractivity contribution in [1.29, 1.82) is 0 Å². The molecule has 3 aromatic rings. The lowest BCUT2D eigenvalue weighted by Crippen LogP contribution is -2.49. The number of carboxylic acids is 3. The summed E-state index contributed by atoms with van der Waals surface area (Å²) in [5, 5.41) is 25.3. The average molecular weight is 910 g/mol. The number of carboxylic acid groups (broad SMARTS) is 3. The first-order valence-electron chi connectivity index (χ1n) is 17.7. The van der Waals surface area contributed by atoms with E-state index in [9.17, 15) is 49.1 Å². The van der Waals surface area contributed by atoms with E-state index in [-0.39, 0.29) is 17.7 Å². The Bertz CT molecular complexity index is 1810. The number of hydrogen-bond acceptors (Lipinski definition) is 12. The van der Waals surface area contributed by atoms with E-state index in [2.05, 4.69) is 47.8 Å². The number of halogens is 9. The van der Waals surface area contributed by atoms with Crippen LogP contribution in [0.25, 0.3) is 11.1 Å². The van der Waals surface area contributed by atoms with Gasteiger partial charge in [0.15, 0.2) is 5.58 Å². The monoisotopic (exact) mass is 909 g/mol. The largest absolute Gasteiger partial charge is 0.490 e. The van der Waals surface area contributed by atoms with Gasteiger partial charge in [-0.25, -0.2) is 24.2 Å². The molecule has 6 N–H and O–H groups in total. The fourth-order valence-corrected chi connectivity index (χ4v) is 5.55. The standard InChI is InChI=1S/C30H41N5O4S.3C2HF3O2/c1-19(2)23-16-22(38-29(37)21(5)31)17-24(20(3)4)28(23)33-27(36)18-35-12-10-34(11-13-35)14-15-40-30-32-25-8-6-7-9-26(25)39-30;3*3-2(4,5)1(6)7/h6-9,16-17,19-21H,10-15,18,31H2,1-5H3,(H,33,36);3*(H,6,7)/t21-;;;/m0.../s1. The number of oxazole rings is 1. The van der Waals surface area contributed by atoms with Crippen LogP contribution in [0.5, 0.6) is 5.75 Å². The number of nitrogens with two attached hydrogens (primary N) is 1. The van der Waals surface area contributed by atoms with Crippen molar-refractivity contribution in [1.82, 2.24) is 14.8 Å². The van der Waals surface area contributed by atoms with E-state index in [4.69, 9.17) is 44.6 Å². The number of carbonyl (C=O) groups excluding carboxylic acids is 2. The third kappa shape index (κ3) is 19.9. The second-order valence-corrected chi connectivity index (χ2v) is 14.4. The van der Waals surface area contributed by atoms with Gasteiger partial charge in [0.2, 0.25) is 5.91 Å². The van der Waals surface area contributed by atoms with Crippen molar-refractivity contribution in [3.05, 3.63) is 47.5 Å². The molecule has 2 aromatic carbocycles. The molecular formula is C36H44F9N5O10S. The Morgan fingerprint density at radius 1 is 0.787 bits per heavy atom. The summed E-state index contributed by atoms with van der Waals surface area (Å²) in [4.78, 5) is 61.1. The molecule has 1 aliphatic rings. The van der Waals surface area contributed by atoms with Crippen molar-refractivity contribution >= 4 is 58.3 Å². The quantitative estimate of drug-likeness (QED) is 0.0593. The molecule has 1 saturated heterocycles. The SMILES string of the molecule is CC(C)c1cc(OC(=O)[C@H](C)N)cc(C(C)C)c1NC(=O)CN1CCN(CCSc2nc3ccccc3o2)CC1.O=C(O)C(F)(F)F.O=C(O)C(F)(F)F.O=C(O)C(F)(F)F. The molecule has 25 heteroatoms. The van der Waals surface area contributed by atoms with E-state index in [0.29, 0.717) is 17.5 Å². The number of esters is 1. The molecule has 2 heterocycles. The molecule has 4 rings (SSSR count). The summed E-state index contributed by atoms with van der Waals surface area (Å²) in [6.45, 7) is 14.6. The lowest BCUT2D eigenvalue weighted by Gasteiger charge is -2.34. The molecule has 0 radical (unpaired) electrons. The van der Waals surface area contributed by atoms with E-state index >= 15 is 0 Å². The van der Waals surface area contributed by atoms with Gasteiger partial charge >= 0.3 is 42.4 Å². The number of carbonyl (C=O) groups is 5. The third-order valence-electron chi connectivity index (χ3n) is 7.74. The number of alkyl halides is 9. The van der Waals surface area contributed by atoms with Gasteiger partial charge in [0.25, 0.3) is 5.22 Å². The number of aliphatic carboxylic acids is 3. The average Bonchev–Trinajstić information content (AvgIpc) is 3.55. The number of benzene rings is 2. The number of rotatable bonds is 11. The van der Waals surface area contributed by atoms with E-state index in [1.165, 1.54) is 0 Å². The van der Waals surface area contributed by atoms with Crippen LogP contribution in [-0.2, 0) is 24.0 Å². The predicted molar refractivity (Wildman–Crippen MR) is 201 cm³/mol. The lowest BCUT2D eigenvalue weighted by atomic mass is 9.92. The van der Waals surface area contributed by atoms with Crippen molar-refractivity contribution in [2.24, 2.45) is 5.73 Å². The zero-order valence-electron chi connectivity index (χ0n) is 33.1. The highest BCUT2D eigenvalue weighted by Gasteiger charge is 2.39. The van der Waals surface area contributed by atoms with Gasteiger partial charge in [-0.3, -0.25) is 14.6 Å². The molecule has 1 fully saturated rings. The Morgan fingerprint density at radius 2 is 1.21 bits per heavy atom. The molecule has 1 atom stereocenters. The number of para-hydroxylation sites is 2. The number of nitrogens with zero attached hydrogens (tertiary/aromatic N) is 3. The van der Waals surface area contributed by atoms with Crippen LogP contribution in [0.15, 0.2) is 46.0 Å². The van der Waals surface area contributed by atoms with Crippen molar-refractivity contribution in [3.8, 4) is 5.75 Å². The second kappa shape index (κ2) is 23.7. The summed E-state index contributed by atoms with van der Waals surface area (Å²) < 4.78 is 107. The smallest absolute Gasteiger partial charge is 0.475 e. The molecule has 0 bridgehead atoms. The Balaban J connectivity index is 0.000000726. The molecule has 0 saturated carbocycles. The van der Waals surface area contributed by atoms with E-state index in [1.54, 1.807) is 18.7 Å². The summed E-state index contributed by atoms with van der Waals surface area (Å²) in [6.07, 6.45) is -15.3. The highest BCUT2D eigenvalue weighted by molar-refractivity contribution is 7.99. The normalized spacial score (nSPS) is 14.1. The van der Waals surface area contributed by atoms with E-state index in [0.717, 1.165) is 66.4 Å². The van der Waals surface area contributed by atoms with Gasteiger partial charge in [0.05, 0.1) is 6.54 Å². The van der Waals surface area contributed by atoms with Crippen molar-refractivity contribution in [2.75, 3.05) is 50.3 Å². The van der Waals surface area contributed by atoms with Gasteiger partial charge in [-0.2, -0.15) is 39.5 Å². The van der Waals surface area contributed by atoms with Crippen molar-refractivity contribution in [2.45, 2.75) is 76.2 Å². The van der Waals surface area contributed by atoms with Crippen molar-refractivity contribution in [3.63, 3.8) is 0 Å². The number of ether oxygens (including phenoxy) is 1. The van der Waals surface area contributed by atoms with Crippen LogP contribution >= 0.6 is 11.8 Å². The molecule has 61 heavy (non-hydrogen) atoms. The van der Waals surface area contributed by atoms with Crippen LogP contribution in [0.2, 0.25) is 0 Å². The van der Waals surface area contributed by atoms with Crippen molar-refractivity contribution < 1.29 is 88.0 Å². The van der Waals surface area contributed by atoms with E-state index in [1.807, 2.05) is 36.4 Å². The molecule has 0 unspecified atom stereocenters. The Morgan fingerprint density at radius 3 is 1.61 bits per heavy atom. The number of piperazine rings is 1. The molecular weight excluding hydrogens is 865 g/mol. The van der Waals surface area contributed by atoms with Gasteiger partial charge in [-0.1, -0.05) is 51.6 Å². The second-order valence-electron chi connectivity index (χ2n) is 13.4. The Hall–Kier alpha value is -5.14. The van der Waals surface area contributed by atoms with Crippen LogP contribution in [0, 0.1) is 0 Å². The van der Waals surface area contributed by atoms with Gasteiger partial charge in [0.1, 0.15) is 17.3 Å². The third-order valence-corrected chi connectivity index (χ3v) is 8.55. The maximum absolute atomic E-state index is 13.2. The fourth-order valence-electron chi connectivity index (χ4n) is 4.71. The maximum atomic E-state index is 13.2. The lowest BCUT2D eigenvalue weighted by molar-refractivity contribution is -0.193. The Labute approximate surface area is 346 Å². The number of fused-ring (bicyclic) bond motifs is 1. The summed E-state index contributed by atoms with van der Waals surface area (Å²) >= 11 is 1.63. The number of anilines is 1. The topological polar surface area (TPSA) is 226 Å². The predicted octanol–water partition coefficient (Wildman–Crippen LogP) is 6.58. The minimum absolute atomic E-state index is 0.0379. The van der Waals surface area contributed by atoms with Crippen LogP contribution in [-0.4, -0.2) is 129 Å². The summed E-state index contributed by atoms with van der Waals surface area (Å²) in [5.74, 6) is -7.19. The molecule has 15 nitrogen and oxygen atoms in total. The van der Waals surface area contributed by atoms with Gasteiger partial charge < -0.3 is 35.5 Å². The zero-order valence-corrected chi connectivity index (χ0v) is 33.9. The molecule has 342 valence electrons. The number of aromatic nitrogens is 1. The number of nitrogens with one attached hydrogen (secondary N) is 1. The first-order valence-corrected chi connectivity index (χ1v) is 18.7. The highest BCUT2D eigenvalue weighted by Crippen LogP contribution is 2.37. The summed E-state index contributed by atoms with van der Waals surface area (Å²) in [5.41, 5.74) is 10.1. The first kappa shape index (κ1) is 53.9. The first-order chi connectivity index (χ1) is 27.9.